The largest absolute Gasteiger partial charge is 0.359 e. The van der Waals surface area contributed by atoms with E-state index in [9.17, 15) is 9.59 Å². The van der Waals surface area contributed by atoms with E-state index in [0.29, 0.717) is 19.3 Å². The van der Waals surface area contributed by atoms with E-state index in [1.165, 1.54) is 24.0 Å². The molecule has 3 nitrogen and oxygen atoms in total. The van der Waals surface area contributed by atoms with E-state index in [0.717, 1.165) is 18.4 Å². The van der Waals surface area contributed by atoms with Gasteiger partial charge < -0.3 is 5.32 Å². The summed E-state index contributed by atoms with van der Waals surface area (Å²) >= 11 is 0. The first-order chi connectivity index (χ1) is 9.20. The molecule has 3 heteroatoms. The van der Waals surface area contributed by atoms with Crippen LogP contribution in [0.2, 0.25) is 0 Å². The van der Waals surface area contributed by atoms with Crippen LogP contribution in [0.5, 0.6) is 0 Å². The van der Waals surface area contributed by atoms with Crippen LogP contribution < -0.4 is 5.32 Å². The van der Waals surface area contributed by atoms with Gasteiger partial charge in [-0.2, -0.15) is 0 Å². The number of Topliss-reactive ketones (excluding diaryl/α,β-unsaturated/α-hetero) is 1. The maximum Gasteiger partial charge on any atom is 0.219 e. The molecule has 1 N–H and O–H groups in total. The van der Waals surface area contributed by atoms with Gasteiger partial charge >= 0.3 is 0 Å². The number of hydrogen-bond donors (Lipinski definition) is 1. The number of rotatable bonds is 5. The summed E-state index contributed by atoms with van der Waals surface area (Å²) in [6, 6.07) is 6.09. The van der Waals surface area contributed by atoms with Crippen molar-refractivity contribution in [3.63, 3.8) is 0 Å². The van der Waals surface area contributed by atoms with Crippen molar-refractivity contribution in [2.75, 3.05) is 7.05 Å². The number of benzene rings is 1. The van der Waals surface area contributed by atoms with Crippen molar-refractivity contribution in [1.82, 2.24) is 5.32 Å². The predicted molar refractivity (Wildman–Crippen MR) is 75.3 cm³/mol. The highest BCUT2D eigenvalue weighted by molar-refractivity contribution is 5.96. The number of nitrogens with one attached hydrogen (secondary N) is 1. The lowest BCUT2D eigenvalue weighted by Gasteiger charge is -2.16. The molecule has 1 aromatic carbocycles. The lowest BCUT2D eigenvalue weighted by Crippen LogP contribution is -2.17. The van der Waals surface area contributed by atoms with E-state index >= 15 is 0 Å². The molecule has 0 saturated heterocycles. The van der Waals surface area contributed by atoms with Gasteiger partial charge in [0.15, 0.2) is 5.78 Å². The smallest absolute Gasteiger partial charge is 0.219 e. The molecule has 1 amide bonds. The molecular formula is C16H21NO2. The van der Waals surface area contributed by atoms with Crippen molar-refractivity contribution in [3.05, 3.63) is 34.9 Å². The topological polar surface area (TPSA) is 46.2 Å². The van der Waals surface area contributed by atoms with Crippen LogP contribution in [0.3, 0.4) is 0 Å². The maximum atomic E-state index is 12.1. The molecule has 0 aliphatic heterocycles. The number of hydrogen-bond acceptors (Lipinski definition) is 2. The van der Waals surface area contributed by atoms with Gasteiger partial charge in [-0.3, -0.25) is 9.59 Å². The lowest BCUT2D eigenvalue weighted by molar-refractivity contribution is -0.120. The quantitative estimate of drug-likeness (QED) is 0.826. The van der Waals surface area contributed by atoms with Gasteiger partial charge in [-0.25, -0.2) is 0 Å². The molecule has 19 heavy (non-hydrogen) atoms. The van der Waals surface area contributed by atoms with Crippen LogP contribution >= 0.6 is 0 Å². The minimum atomic E-state index is -0.00163. The van der Waals surface area contributed by atoms with Crippen molar-refractivity contribution in [2.45, 2.75) is 44.9 Å². The van der Waals surface area contributed by atoms with Crippen LogP contribution in [0, 0.1) is 0 Å². The second-order valence-corrected chi connectivity index (χ2v) is 5.14. The minimum absolute atomic E-state index is 0.00163. The van der Waals surface area contributed by atoms with Gasteiger partial charge in [-0.05, 0) is 49.3 Å². The number of carbonyl (C=O) groups is 2. The highest BCUT2D eigenvalue weighted by atomic mass is 16.1. The number of ketones is 1. The van der Waals surface area contributed by atoms with Gasteiger partial charge in [0.2, 0.25) is 5.91 Å². The number of carbonyl (C=O) groups excluding carboxylic acids is 2. The van der Waals surface area contributed by atoms with Crippen molar-refractivity contribution >= 4 is 11.7 Å². The van der Waals surface area contributed by atoms with Crippen LogP contribution in [0.4, 0.5) is 0 Å². The average Bonchev–Trinajstić information content (AvgIpc) is 2.46. The molecule has 1 aromatic rings. The Kier molecular flexibility index (Phi) is 4.72. The standard InChI is InChI=1S/C16H21NO2/c1-17-16(19)8-4-7-15(18)14-10-9-12-5-2-3-6-13(12)11-14/h9-11H,2-8H2,1H3,(H,17,19). The molecule has 0 spiro atoms. The second kappa shape index (κ2) is 6.50. The predicted octanol–water partition coefficient (Wildman–Crippen LogP) is 2.66. The van der Waals surface area contributed by atoms with E-state index in [-0.39, 0.29) is 11.7 Å². The Morgan fingerprint density at radius 1 is 1.11 bits per heavy atom. The molecular weight excluding hydrogens is 238 g/mol. The Balaban J connectivity index is 1.94. The molecule has 0 radical (unpaired) electrons. The van der Waals surface area contributed by atoms with Crippen LogP contribution in [-0.2, 0) is 17.6 Å². The normalized spacial score (nSPS) is 13.7. The Morgan fingerprint density at radius 2 is 1.84 bits per heavy atom. The molecule has 0 fully saturated rings. The van der Waals surface area contributed by atoms with Gasteiger partial charge in [-0.15, -0.1) is 0 Å². The molecule has 102 valence electrons. The number of fused-ring (bicyclic) bond motifs is 1. The molecule has 0 heterocycles. The third-order valence-corrected chi connectivity index (χ3v) is 3.76. The molecule has 0 atom stereocenters. The van der Waals surface area contributed by atoms with Crippen LogP contribution in [-0.4, -0.2) is 18.7 Å². The summed E-state index contributed by atoms with van der Waals surface area (Å²) in [6.07, 6.45) is 6.21. The van der Waals surface area contributed by atoms with Gasteiger partial charge in [-0.1, -0.05) is 12.1 Å². The highest BCUT2D eigenvalue weighted by Crippen LogP contribution is 2.23. The van der Waals surface area contributed by atoms with E-state index in [1.807, 2.05) is 6.07 Å². The summed E-state index contributed by atoms with van der Waals surface area (Å²) in [5.74, 6) is 0.149. The van der Waals surface area contributed by atoms with E-state index in [1.54, 1.807) is 7.05 Å². The van der Waals surface area contributed by atoms with Crippen LogP contribution in [0.15, 0.2) is 18.2 Å². The average molecular weight is 259 g/mol. The Bertz CT molecular complexity index is 480. The third-order valence-electron chi connectivity index (χ3n) is 3.76. The SMILES string of the molecule is CNC(=O)CCCC(=O)c1ccc2c(c1)CCCC2. The maximum absolute atomic E-state index is 12.1. The number of amides is 1. The van der Waals surface area contributed by atoms with Gasteiger partial charge in [0, 0.05) is 25.5 Å². The first-order valence-corrected chi connectivity index (χ1v) is 7.06. The molecule has 1 aliphatic carbocycles. The monoisotopic (exact) mass is 259 g/mol. The van der Waals surface area contributed by atoms with Crippen LogP contribution in [0.1, 0.15) is 53.6 Å². The molecule has 0 saturated carbocycles. The summed E-state index contributed by atoms with van der Waals surface area (Å²) < 4.78 is 0. The van der Waals surface area contributed by atoms with Crippen molar-refractivity contribution in [2.24, 2.45) is 0 Å². The summed E-state index contributed by atoms with van der Waals surface area (Å²) in [5.41, 5.74) is 3.54. The zero-order chi connectivity index (χ0) is 13.7. The van der Waals surface area contributed by atoms with Crippen molar-refractivity contribution in [3.8, 4) is 0 Å². The first kappa shape index (κ1) is 13.8. The van der Waals surface area contributed by atoms with Gasteiger partial charge in [0.1, 0.15) is 0 Å². The summed E-state index contributed by atoms with van der Waals surface area (Å²) in [5, 5.41) is 2.57. The molecule has 0 aromatic heterocycles. The fraction of sp³-hybridized carbons (Fsp3) is 0.500. The second-order valence-electron chi connectivity index (χ2n) is 5.14. The molecule has 1 aliphatic rings. The molecule has 0 unspecified atom stereocenters. The Labute approximate surface area is 114 Å². The Hall–Kier alpha value is -1.64. The summed E-state index contributed by atoms with van der Waals surface area (Å²) in [4.78, 5) is 23.2. The lowest BCUT2D eigenvalue weighted by atomic mass is 9.89. The zero-order valence-corrected chi connectivity index (χ0v) is 11.5. The van der Waals surface area contributed by atoms with E-state index in [2.05, 4.69) is 17.4 Å². The van der Waals surface area contributed by atoms with Crippen molar-refractivity contribution in [1.29, 1.82) is 0 Å². The zero-order valence-electron chi connectivity index (χ0n) is 11.5. The number of aryl methyl sites for hydroxylation is 2. The molecule has 0 bridgehead atoms. The Morgan fingerprint density at radius 3 is 2.58 bits per heavy atom. The highest BCUT2D eigenvalue weighted by Gasteiger charge is 2.13. The first-order valence-electron chi connectivity index (χ1n) is 7.06. The summed E-state index contributed by atoms with van der Waals surface area (Å²) in [6.45, 7) is 0. The van der Waals surface area contributed by atoms with Gasteiger partial charge in [0.05, 0.1) is 0 Å². The fourth-order valence-electron chi connectivity index (χ4n) is 2.59. The fourth-order valence-corrected chi connectivity index (χ4v) is 2.59. The summed E-state index contributed by atoms with van der Waals surface area (Å²) in [7, 11) is 1.62. The van der Waals surface area contributed by atoms with Crippen molar-refractivity contribution < 1.29 is 9.59 Å². The van der Waals surface area contributed by atoms with Crippen LogP contribution in [0.25, 0.3) is 0 Å². The van der Waals surface area contributed by atoms with E-state index < -0.39 is 0 Å². The van der Waals surface area contributed by atoms with Gasteiger partial charge in [0.25, 0.3) is 0 Å². The van der Waals surface area contributed by atoms with E-state index in [4.69, 9.17) is 0 Å². The third kappa shape index (κ3) is 3.66. The molecule has 2 rings (SSSR count). The minimum Gasteiger partial charge on any atom is -0.359 e.